The molecule has 0 bridgehead atoms. The molecule has 0 fully saturated rings. The first-order valence-electron chi connectivity index (χ1n) is 15.1. The van der Waals surface area contributed by atoms with Gasteiger partial charge in [-0.2, -0.15) is 0 Å². The predicted octanol–water partition coefficient (Wildman–Crippen LogP) is 9.77. The zero-order valence-electron chi connectivity index (χ0n) is 26.4. The summed E-state index contributed by atoms with van der Waals surface area (Å²) in [6.07, 6.45) is 1.45. The van der Waals surface area contributed by atoms with Crippen molar-refractivity contribution in [2.24, 2.45) is 5.92 Å². The topological polar surface area (TPSA) is 72.6 Å². The molecule has 1 unspecified atom stereocenters. The van der Waals surface area contributed by atoms with E-state index >= 15 is 0 Å². The van der Waals surface area contributed by atoms with E-state index in [4.69, 9.17) is 9.15 Å². The molecule has 5 rings (SSSR count). The zero-order valence-corrected chi connectivity index (χ0v) is 26.4. The number of ketones is 1. The largest absolute Gasteiger partial charge is 0.513 e. The van der Waals surface area contributed by atoms with Crippen molar-refractivity contribution in [2.75, 3.05) is 6.61 Å². The van der Waals surface area contributed by atoms with Crippen molar-refractivity contribution in [3.8, 4) is 17.2 Å². The van der Waals surface area contributed by atoms with Gasteiger partial charge < -0.3 is 14.3 Å². The maximum atomic E-state index is 12.1. The summed E-state index contributed by atoms with van der Waals surface area (Å²) in [7, 11) is 0. The maximum absolute atomic E-state index is 12.1. The Hall–Kier alpha value is -4.90. The molecule has 5 aromatic rings. The van der Waals surface area contributed by atoms with Crippen LogP contribution in [0.15, 0.2) is 126 Å². The van der Waals surface area contributed by atoms with Crippen molar-refractivity contribution < 1.29 is 19.1 Å². The molecule has 4 aromatic carbocycles. The van der Waals surface area contributed by atoms with Crippen LogP contribution in [0.3, 0.4) is 0 Å². The number of aromatic nitrogens is 1. The lowest BCUT2D eigenvalue weighted by Crippen LogP contribution is -2.04. The molecule has 0 saturated heterocycles. The van der Waals surface area contributed by atoms with E-state index in [9.17, 15) is 9.90 Å². The van der Waals surface area contributed by atoms with Crippen LogP contribution in [0, 0.1) is 19.8 Å². The Morgan fingerprint density at radius 1 is 0.864 bits per heavy atom. The Morgan fingerprint density at radius 3 is 2.07 bits per heavy atom. The second-order valence-corrected chi connectivity index (χ2v) is 10.2. The van der Waals surface area contributed by atoms with Gasteiger partial charge in [-0.05, 0) is 55.7 Å². The fraction of sp³-hybridized carbons (Fsp3) is 0.231. The van der Waals surface area contributed by atoms with Gasteiger partial charge in [0.1, 0.15) is 11.5 Å². The van der Waals surface area contributed by atoms with Crippen molar-refractivity contribution in [2.45, 2.75) is 47.5 Å². The normalized spacial score (nSPS) is 10.8. The van der Waals surface area contributed by atoms with Gasteiger partial charge in [-0.25, -0.2) is 4.98 Å². The fourth-order valence-corrected chi connectivity index (χ4v) is 4.40. The number of carbonyl (C=O) groups excluding carboxylic acids is 1. The summed E-state index contributed by atoms with van der Waals surface area (Å²) in [5, 5.41) is 9.43. The van der Waals surface area contributed by atoms with Gasteiger partial charge in [0.2, 0.25) is 5.89 Å². The summed E-state index contributed by atoms with van der Waals surface area (Å²) < 4.78 is 11.6. The van der Waals surface area contributed by atoms with Gasteiger partial charge in [0.15, 0.2) is 5.78 Å². The summed E-state index contributed by atoms with van der Waals surface area (Å²) in [6.45, 7) is 14.0. The minimum atomic E-state index is 0.0470. The molecule has 228 valence electrons. The van der Waals surface area contributed by atoms with Gasteiger partial charge in [0, 0.05) is 29.0 Å². The third kappa shape index (κ3) is 9.84. The second-order valence-electron chi connectivity index (χ2n) is 10.2. The van der Waals surface area contributed by atoms with E-state index in [1.54, 1.807) is 0 Å². The SMILES string of the molecule is C=C(O)C(C)Cc1ccc(OCCc2nc(-c3ccccc3)oc2C)cc1.CC.Cc1ccccc1C(=O)c1ccccc1. The Morgan fingerprint density at radius 2 is 1.45 bits per heavy atom. The molecular weight excluding hydrogens is 546 g/mol. The van der Waals surface area contributed by atoms with E-state index in [0.717, 1.165) is 51.4 Å². The standard InChI is InChI=1S/C23H25NO3.C14H12O.C2H6/c1-16(17(2)25)15-19-9-11-21(12-10-19)26-14-13-22-18(3)27-23(24-22)20-7-5-4-6-8-20;1-11-7-5-6-10-13(11)14(15)12-8-3-2-4-9-12;1-2/h4-12,16,25H,2,13-15H2,1,3H3;2-10H,1H3;1-2H3. The van der Waals surface area contributed by atoms with E-state index in [0.29, 0.717) is 18.9 Å². The first-order valence-corrected chi connectivity index (χ1v) is 15.1. The molecule has 0 aliphatic heterocycles. The van der Waals surface area contributed by atoms with Crippen LogP contribution in [0.5, 0.6) is 5.75 Å². The molecule has 44 heavy (non-hydrogen) atoms. The molecule has 1 atom stereocenters. The number of nitrogens with zero attached hydrogens (tertiary/aromatic N) is 1. The minimum absolute atomic E-state index is 0.0470. The van der Waals surface area contributed by atoms with Crippen LogP contribution >= 0.6 is 0 Å². The first kappa shape index (κ1) is 33.6. The lowest BCUT2D eigenvalue weighted by atomic mass is 9.99. The molecule has 5 nitrogen and oxygen atoms in total. The van der Waals surface area contributed by atoms with Gasteiger partial charge in [-0.3, -0.25) is 4.79 Å². The van der Waals surface area contributed by atoms with Gasteiger partial charge in [-0.15, -0.1) is 0 Å². The predicted molar refractivity (Wildman–Crippen MR) is 179 cm³/mol. The van der Waals surface area contributed by atoms with Gasteiger partial charge in [0.25, 0.3) is 0 Å². The van der Waals surface area contributed by atoms with E-state index < -0.39 is 0 Å². The molecule has 0 aliphatic rings. The molecular formula is C39H43NO4. The van der Waals surface area contributed by atoms with Crippen molar-refractivity contribution >= 4 is 5.78 Å². The number of oxazole rings is 1. The molecule has 1 aromatic heterocycles. The van der Waals surface area contributed by atoms with Crippen LogP contribution in [0.25, 0.3) is 11.5 Å². The highest BCUT2D eigenvalue weighted by atomic mass is 16.5. The number of aliphatic hydroxyl groups excluding tert-OH is 1. The molecule has 0 amide bonds. The van der Waals surface area contributed by atoms with Crippen LogP contribution in [-0.2, 0) is 12.8 Å². The Balaban J connectivity index is 0.000000262. The lowest BCUT2D eigenvalue weighted by Gasteiger charge is -2.10. The quantitative estimate of drug-likeness (QED) is 0.130. The molecule has 0 saturated carbocycles. The van der Waals surface area contributed by atoms with E-state index in [2.05, 4.69) is 11.6 Å². The minimum Gasteiger partial charge on any atom is -0.513 e. The van der Waals surface area contributed by atoms with Crippen LogP contribution in [0.1, 0.15) is 59.3 Å². The second kappa shape index (κ2) is 17.3. The Labute approximate surface area is 261 Å². The molecule has 0 aliphatic carbocycles. The summed E-state index contributed by atoms with van der Waals surface area (Å²) >= 11 is 0. The van der Waals surface area contributed by atoms with E-state index in [1.807, 2.05) is 144 Å². The summed E-state index contributed by atoms with van der Waals surface area (Å²) in [5.41, 5.74) is 5.58. The highest BCUT2D eigenvalue weighted by Gasteiger charge is 2.12. The average Bonchev–Trinajstić information content (AvgIpc) is 3.44. The van der Waals surface area contributed by atoms with Crippen LogP contribution in [-0.4, -0.2) is 22.5 Å². The van der Waals surface area contributed by atoms with Crippen molar-refractivity contribution in [1.82, 2.24) is 4.98 Å². The molecule has 5 heteroatoms. The molecule has 1 heterocycles. The number of aliphatic hydroxyl groups is 1. The lowest BCUT2D eigenvalue weighted by molar-refractivity contribution is 0.103. The fourth-order valence-electron chi connectivity index (χ4n) is 4.40. The maximum Gasteiger partial charge on any atom is 0.226 e. The number of ether oxygens (including phenoxy) is 1. The number of allylic oxidation sites excluding steroid dienone is 1. The monoisotopic (exact) mass is 589 g/mol. The average molecular weight is 590 g/mol. The van der Waals surface area contributed by atoms with Crippen LogP contribution in [0.4, 0.5) is 0 Å². The van der Waals surface area contributed by atoms with Gasteiger partial charge in [-0.1, -0.05) is 112 Å². The van der Waals surface area contributed by atoms with Crippen molar-refractivity contribution in [1.29, 1.82) is 0 Å². The third-order valence-corrected chi connectivity index (χ3v) is 6.98. The van der Waals surface area contributed by atoms with Gasteiger partial charge >= 0.3 is 0 Å². The smallest absolute Gasteiger partial charge is 0.226 e. The number of carbonyl (C=O) groups is 1. The summed E-state index contributed by atoms with van der Waals surface area (Å²) in [6, 6.07) is 34.8. The first-order chi connectivity index (χ1) is 21.3. The molecule has 0 radical (unpaired) electrons. The number of hydrogen-bond acceptors (Lipinski definition) is 5. The number of benzene rings is 4. The van der Waals surface area contributed by atoms with Crippen molar-refractivity contribution in [3.63, 3.8) is 0 Å². The third-order valence-electron chi connectivity index (χ3n) is 6.98. The number of aryl methyl sites for hydroxylation is 2. The van der Waals surface area contributed by atoms with Crippen LogP contribution in [0.2, 0.25) is 0 Å². The van der Waals surface area contributed by atoms with E-state index in [1.165, 1.54) is 0 Å². The van der Waals surface area contributed by atoms with Crippen molar-refractivity contribution in [3.05, 3.63) is 155 Å². The summed E-state index contributed by atoms with van der Waals surface area (Å²) in [5.74, 6) is 2.64. The summed E-state index contributed by atoms with van der Waals surface area (Å²) in [4.78, 5) is 16.7. The number of hydrogen-bond donors (Lipinski definition) is 1. The molecule has 1 N–H and O–H groups in total. The van der Waals surface area contributed by atoms with Gasteiger partial charge in [0.05, 0.1) is 18.1 Å². The van der Waals surface area contributed by atoms with Crippen LogP contribution < -0.4 is 4.74 Å². The zero-order chi connectivity index (χ0) is 31.9. The highest BCUT2D eigenvalue weighted by Crippen LogP contribution is 2.22. The Bertz CT molecular complexity index is 1590. The molecule has 0 spiro atoms. The highest BCUT2D eigenvalue weighted by molar-refractivity contribution is 6.09. The number of rotatable bonds is 10. The Kier molecular flexibility index (Phi) is 13.2. The van der Waals surface area contributed by atoms with E-state index in [-0.39, 0.29) is 17.5 Å².